The van der Waals surface area contributed by atoms with Crippen LogP contribution in [0.2, 0.25) is 0 Å². The highest BCUT2D eigenvalue weighted by Crippen LogP contribution is 2.39. The maximum Gasteiger partial charge on any atom is 0.0697 e. The van der Waals surface area contributed by atoms with Crippen molar-refractivity contribution in [2.45, 2.75) is 75.5 Å². The molecule has 3 heteroatoms. The molecule has 104 valence electrons. The van der Waals surface area contributed by atoms with E-state index in [0.29, 0.717) is 6.04 Å². The van der Waals surface area contributed by atoms with Crippen molar-refractivity contribution in [1.29, 1.82) is 0 Å². The van der Waals surface area contributed by atoms with E-state index in [4.69, 9.17) is 9.47 Å². The van der Waals surface area contributed by atoms with Gasteiger partial charge in [-0.1, -0.05) is 19.3 Å². The summed E-state index contributed by atoms with van der Waals surface area (Å²) in [6.45, 7) is 5.03. The van der Waals surface area contributed by atoms with E-state index in [1.807, 2.05) is 0 Å². The molecule has 1 spiro atoms. The van der Waals surface area contributed by atoms with E-state index in [2.05, 4.69) is 12.2 Å². The summed E-state index contributed by atoms with van der Waals surface area (Å²) in [6.07, 6.45) is 10.2. The Morgan fingerprint density at radius 3 is 2.61 bits per heavy atom. The average molecular weight is 253 g/mol. The van der Waals surface area contributed by atoms with Crippen LogP contribution in [0.25, 0.3) is 0 Å². The molecular formula is C15H27NO2. The zero-order valence-corrected chi connectivity index (χ0v) is 11.7. The fourth-order valence-electron chi connectivity index (χ4n) is 3.97. The Balaban J connectivity index is 1.59. The van der Waals surface area contributed by atoms with Gasteiger partial charge in [-0.05, 0) is 39.0 Å². The molecule has 2 aliphatic heterocycles. The molecule has 1 N–H and O–H groups in total. The van der Waals surface area contributed by atoms with Crippen LogP contribution in [0.1, 0.15) is 58.3 Å². The molecule has 2 atom stereocenters. The van der Waals surface area contributed by atoms with Crippen molar-refractivity contribution in [1.82, 2.24) is 5.32 Å². The van der Waals surface area contributed by atoms with Crippen LogP contribution in [0, 0.1) is 0 Å². The van der Waals surface area contributed by atoms with E-state index in [9.17, 15) is 0 Å². The minimum atomic E-state index is 0.206. The van der Waals surface area contributed by atoms with Gasteiger partial charge in [0.25, 0.3) is 0 Å². The van der Waals surface area contributed by atoms with E-state index in [1.54, 1.807) is 0 Å². The van der Waals surface area contributed by atoms with Crippen molar-refractivity contribution >= 4 is 0 Å². The maximum atomic E-state index is 6.16. The minimum absolute atomic E-state index is 0.206. The van der Waals surface area contributed by atoms with Crippen LogP contribution >= 0.6 is 0 Å². The Kier molecular flexibility index (Phi) is 3.65. The summed E-state index contributed by atoms with van der Waals surface area (Å²) < 4.78 is 11.7. The maximum absolute atomic E-state index is 6.16. The van der Waals surface area contributed by atoms with E-state index < -0.39 is 0 Å². The molecule has 3 fully saturated rings. The molecule has 0 amide bonds. The van der Waals surface area contributed by atoms with E-state index in [0.717, 1.165) is 32.7 Å². The van der Waals surface area contributed by atoms with Crippen molar-refractivity contribution in [2.75, 3.05) is 19.8 Å². The summed E-state index contributed by atoms with van der Waals surface area (Å²) in [5.41, 5.74) is 0.419. The van der Waals surface area contributed by atoms with Crippen molar-refractivity contribution in [3.8, 4) is 0 Å². The fourth-order valence-corrected chi connectivity index (χ4v) is 3.97. The summed E-state index contributed by atoms with van der Waals surface area (Å²) >= 11 is 0. The van der Waals surface area contributed by atoms with Crippen molar-refractivity contribution in [2.24, 2.45) is 0 Å². The van der Waals surface area contributed by atoms with Crippen LogP contribution < -0.4 is 5.32 Å². The normalized spacial score (nSPS) is 40.2. The fraction of sp³-hybridized carbons (Fsp3) is 1.00. The number of nitrogens with one attached hydrogen (secondary N) is 1. The molecule has 3 aliphatic rings. The number of hydrogen-bond donors (Lipinski definition) is 1. The first kappa shape index (κ1) is 12.9. The topological polar surface area (TPSA) is 30.5 Å². The first-order chi connectivity index (χ1) is 8.70. The van der Waals surface area contributed by atoms with Gasteiger partial charge in [-0.25, -0.2) is 0 Å². The van der Waals surface area contributed by atoms with E-state index >= 15 is 0 Å². The van der Waals surface area contributed by atoms with Crippen LogP contribution in [0.3, 0.4) is 0 Å². The molecule has 2 heterocycles. The second-order valence-corrected chi connectivity index (χ2v) is 6.79. The van der Waals surface area contributed by atoms with E-state index in [1.165, 1.54) is 38.5 Å². The van der Waals surface area contributed by atoms with Gasteiger partial charge in [-0.15, -0.1) is 0 Å². The Hall–Kier alpha value is -0.120. The van der Waals surface area contributed by atoms with Gasteiger partial charge >= 0.3 is 0 Å². The van der Waals surface area contributed by atoms with Gasteiger partial charge in [-0.2, -0.15) is 0 Å². The SMILES string of the molecule is CC1(NC2CCOC3(CCCCC3)C2)CCOC1. The van der Waals surface area contributed by atoms with Gasteiger partial charge in [0.2, 0.25) is 0 Å². The van der Waals surface area contributed by atoms with Gasteiger partial charge in [-0.3, -0.25) is 0 Å². The molecule has 2 saturated heterocycles. The third kappa shape index (κ3) is 2.73. The highest BCUT2D eigenvalue weighted by molar-refractivity contribution is 4.96. The quantitative estimate of drug-likeness (QED) is 0.820. The lowest BCUT2D eigenvalue weighted by Gasteiger charge is -2.45. The van der Waals surface area contributed by atoms with Gasteiger partial charge in [0.05, 0.1) is 12.2 Å². The molecule has 0 aromatic carbocycles. The summed E-state index contributed by atoms with van der Waals surface area (Å²) in [5.74, 6) is 0. The predicted octanol–water partition coefficient (Wildman–Crippen LogP) is 2.64. The Labute approximate surface area is 111 Å². The lowest BCUT2D eigenvalue weighted by atomic mass is 9.78. The molecule has 18 heavy (non-hydrogen) atoms. The molecule has 1 saturated carbocycles. The second kappa shape index (κ2) is 5.10. The van der Waals surface area contributed by atoms with Crippen molar-refractivity contribution in [3.63, 3.8) is 0 Å². The molecular weight excluding hydrogens is 226 g/mol. The third-order valence-electron chi connectivity index (χ3n) is 5.03. The third-order valence-corrected chi connectivity index (χ3v) is 5.03. The molecule has 0 bridgehead atoms. The summed E-state index contributed by atoms with van der Waals surface area (Å²) in [6, 6.07) is 0.628. The smallest absolute Gasteiger partial charge is 0.0697 e. The van der Waals surface area contributed by atoms with Crippen LogP contribution in [-0.2, 0) is 9.47 Å². The van der Waals surface area contributed by atoms with E-state index in [-0.39, 0.29) is 11.1 Å². The highest BCUT2D eigenvalue weighted by atomic mass is 16.5. The predicted molar refractivity (Wildman–Crippen MR) is 71.8 cm³/mol. The van der Waals surface area contributed by atoms with Crippen LogP contribution in [-0.4, -0.2) is 37.0 Å². The van der Waals surface area contributed by atoms with Crippen LogP contribution in [0.15, 0.2) is 0 Å². The zero-order valence-electron chi connectivity index (χ0n) is 11.7. The molecule has 0 radical (unpaired) electrons. The monoisotopic (exact) mass is 253 g/mol. The molecule has 3 rings (SSSR count). The molecule has 0 aromatic rings. The molecule has 0 aromatic heterocycles. The molecule has 3 nitrogen and oxygen atoms in total. The standard InChI is InChI=1S/C15H27NO2/c1-14(8-10-17-12-14)16-13-5-9-18-15(11-13)6-3-2-4-7-15/h13,16H,2-12H2,1H3. The first-order valence-corrected chi connectivity index (χ1v) is 7.69. The minimum Gasteiger partial charge on any atom is -0.379 e. The first-order valence-electron chi connectivity index (χ1n) is 7.69. The summed E-state index contributed by atoms with van der Waals surface area (Å²) in [4.78, 5) is 0. The Morgan fingerprint density at radius 2 is 1.89 bits per heavy atom. The molecule has 2 unspecified atom stereocenters. The lowest BCUT2D eigenvalue weighted by Crippen LogP contribution is -2.55. The average Bonchev–Trinajstić information content (AvgIpc) is 2.77. The highest BCUT2D eigenvalue weighted by Gasteiger charge is 2.41. The van der Waals surface area contributed by atoms with Gasteiger partial charge < -0.3 is 14.8 Å². The van der Waals surface area contributed by atoms with Crippen molar-refractivity contribution in [3.05, 3.63) is 0 Å². The Morgan fingerprint density at radius 1 is 1.06 bits per heavy atom. The van der Waals surface area contributed by atoms with Crippen LogP contribution in [0.5, 0.6) is 0 Å². The second-order valence-electron chi connectivity index (χ2n) is 6.79. The van der Waals surface area contributed by atoms with Crippen LogP contribution in [0.4, 0.5) is 0 Å². The Bertz CT molecular complexity index is 275. The van der Waals surface area contributed by atoms with Gasteiger partial charge in [0.15, 0.2) is 0 Å². The van der Waals surface area contributed by atoms with Gasteiger partial charge in [0.1, 0.15) is 0 Å². The number of ether oxygens (including phenoxy) is 2. The van der Waals surface area contributed by atoms with Crippen molar-refractivity contribution < 1.29 is 9.47 Å². The van der Waals surface area contributed by atoms with Gasteiger partial charge in [0, 0.05) is 24.8 Å². The number of hydrogen-bond acceptors (Lipinski definition) is 3. The largest absolute Gasteiger partial charge is 0.379 e. The molecule has 1 aliphatic carbocycles. The zero-order chi connectivity index (χ0) is 12.5. The number of rotatable bonds is 2. The summed E-state index contributed by atoms with van der Waals surface area (Å²) in [7, 11) is 0. The summed E-state index contributed by atoms with van der Waals surface area (Å²) in [5, 5.41) is 3.86. The lowest BCUT2D eigenvalue weighted by molar-refractivity contribution is -0.111.